The molecule has 0 aliphatic heterocycles. The molecule has 7 heteroatoms. The number of aryl methyl sites for hydroxylation is 2. The molecule has 0 fully saturated rings. The monoisotopic (exact) mass is 439 g/mol. The van der Waals surface area contributed by atoms with Crippen LogP contribution < -0.4 is 10.2 Å². The van der Waals surface area contributed by atoms with Crippen molar-refractivity contribution in [2.24, 2.45) is 7.05 Å². The molecule has 3 heterocycles. The van der Waals surface area contributed by atoms with Crippen LogP contribution in [-0.2, 0) is 7.05 Å². The van der Waals surface area contributed by atoms with Gasteiger partial charge in [-0.25, -0.2) is 4.98 Å². The molecule has 6 nitrogen and oxygen atoms in total. The van der Waals surface area contributed by atoms with Gasteiger partial charge in [0.2, 0.25) is 0 Å². The van der Waals surface area contributed by atoms with Gasteiger partial charge in [0, 0.05) is 47.8 Å². The molecule has 0 spiro atoms. The smallest absolute Gasteiger partial charge is 0.255 e. The van der Waals surface area contributed by atoms with Crippen molar-refractivity contribution in [3.8, 4) is 0 Å². The molecule has 1 amide bonds. The third kappa shape index (κ3) is 3.74. The van der Waals surface area contributed by atoms with Crippen molar-refractivity contribution in [2.75, 3.05) is 10.2 Å². The van der Waals surface area contributed by atoms with Crippen molar-refractivity contribution >= 4 is 50.3 Å². The second kappa shape index (κ2) is 8.28. The summed E-state index contributed by atoms with van der Waals surface area (Å²) in [6.07, 6.45) is 7.32. The number of hydrogen-bond donors (Lipinski definition) is 1. The van der Waals surface area contributed by atoms with Gasteiger partial charge in [0.1, 0.15) is 0 Å². The number of anilines is 4. The number of nitrogens with one attached hydrogen (secondary N) is 1. The zero-order chi connectivity index (χ0) is 22.1. The molecular formula is C25H21N5OS. The van der Waals surface area contributed by atoms with Crippen LogP contribution >= 0.6 is 11.3 Å². The summed E-state index contributed by atoms with van der Waals surface area (Å²) in [7, 11) is 1.99. The van der Waals surface area contributed by atoms with E-state index in [-0.39, 0.29) is 5.91 Å². The number of carbonyl (C=O) groups is 1. The van der Waals surface area contributed by atoms with Gasteiger partial charge in [-0.05, 0) is 60.3 Å². The van der Waals surface area contributed by atoms with Gasteiger partial charge in [0.15, 0.2) is 5.13 Å². The highest BCUT2D eigenvalue weighted by atomic mass is 32.1. The fraction of sp³-hybridized carbons (Fsp3) is 0.0800. The van der Waals surface area contributed by atoms with Crippen molar-refractivity contribution in [3.05, 3.63) is 95.9 Å². The van der Waals surface area contributed by atoms with E-state index >= 15 is 0 Å². The van der Waals surface area contributed by atoms with Crippen LogP contribution in [-0.4, -0.2) is 20.4 Å². The molecule has 0 radical (unpaired) electrons. The Morgan fingerprint density at radius 1 is 1.09 bits per heavy atom. The van der Waals surface area contributed by atoms with Crippen LogP contribution in [0, 0.1) is 6.92 Å². The summed E-state index contributed by atoms with van der Waals surface area (Å²) in [6, 6.07) is 17.6. The van der Waals surface area contributed by atoms with E-state index < -0.39 is 0 Å². The highest BCUT2D eigenvalue weighted by molar-refractivity contribution is 7.13. The Bertz CT molecular complexity index is 1390. The molecule has 0 aliphatic carbocycles. The molecule has 5 aromatic rings. The van der Waals surface area contributed by atoms with Gasteiger partial charge in [-0.3, -0.25) is 14.7 Å². The summed E-state index contributed by atoms with van der Waals surface area (Å²) in [6.45, 7) is 2.03. The maximum atomic E-state index is 13.1. The summed E-state index contributed by atoms with van der Waals surface area (Å²) in [5, 5.41) is 6.92. The standard InChI is InChI=1S/C25H21N5OS/c1-17-5-6-19(24(31)28-20-8-7-18-9-12-29(2)23(18)15-20)14-22(17)30(25-27-11-13-32-25)21-4-3-10-26-16-21/h3-16H,1-2H3,(H,28,31). The van der Waals surface area contributed by atoms with Gasteiger partial charge >= 0.3 is 0 Å². The number of amides is 1. The number of benzene rings is 2. The summed E-state index contributed by atoms with van der Waals surface area (Å²) in [4.78, 5) is 23.9. The Labute approximate surface area is 189 Å². The fourth-order valence-corrected chi connectivity index (χ4v) is 4.37. The number of fused-ring (bicyclic) bond motifs is 1. The van der Waals surface area contributed by atoms with Gasteiger partial charge in [-0.2, -0.15) is 0 Å². The summed E-state index contributed by atoms with van der Waals surface area (Å²) in [5.41, 5.74) is 5.21. The van der Waals surface area contributed by atoms with Crippen LogP contribution in [0.25, 0.3) is 10.9 Å². The second-order valence-electron chi connectivity index (χ2n) is 7.52. The summed E-state index contributed by atoms with van der Waals surface area (Å²) >= 11 is 1.53. The topological polar surface area (TPSA) is 63.1 Å². The predicted molar refractivity (Wildman–Crippen MR) is 130 cm³/mol. The lowest BCUT2D eigenvalue weighted by Crippen LogP contribution is -2.15. The highest BCUT2D eigenvalue weighted by Crippen LogP contribution is 2.37. The van der Waals surface area contributed by atoms with E-state index in [0.29, 0.717) is 5.56 Å². The van der Waals surface area contributed by atoms with Crippen molar-refractivity contribution in [1.29, 1.82) is 0 Å². The number of hydrogen-bond acceptors (Lipinski definition) is 5. The molecule has 3 aromatic heterocycles. The van der Waals surface area contributed by atoms with Gasteiger partial charge < -0.3 is 9.88 Å². The van der Waals surface area contributed by atoms with Crippen LogP contribution in [0.1, 0.15) is 15.9 Å². The lowest BCUT2D eigenvalue weighted by Gasteiger charge is -2.24. The molecule has 5 rings (SSSR count). The van der Waals surface area contributed by atoms with E-state index in [2.05, 4.69) is 21.4 Å². The van der Waals surface area contributed by atoms with E-state index in [1.54, 1.807) is 18.6 Å². The van der Waals surface area contributed by atoms with Gasteiger partial charge in [-0.15, -0.1) is 11.3 Å². The van der Waals surface area contributed by atoms with E-state index in [1.807, 2.05) is 83.5 Å². The SMILES string of the molecule is Cc1ccc(C(=O)Nc2ccc3ccn(C)c3c2)cc1N(c1cccnc1)c1nccs1. The van der Waals surface area contributed by atoms with Crippen molar-refractivity contribution < 1.29 is 4.79 Å². The minimum Gasteiger partial charge on any atom is -0.350 e. The number of thiazole rings is 1. The molecular weight excluding hydrogens is 418 g/mol. The molecule has 1 N–H and O–H groups in total. The quantitative estimate of drug-likeness (QED) is 0.361. The van der Waals surface area contributed by atoms with Gasteiger partial charge in [-0.1, -0.05) is 12.1 Å². The van der Waals surface area contributed by atoms with Crippen LogP contribution in [0.3, 0.4) is 0 Å². The Morgan fingerprint density at radius 3 is 2.78 bits per heavy atom. The molecule has 0 bridgehead atoms. The second-order valence-corrected chi connectivity index (χ2v) is 8.39. The Hall–Kier alpha value is -3.97. The minimum atomic E-state index is -0.162. The van der Waals surface area contributed by atoms with Crippen molar-refractivity contribution in [1.82, 2.24) is 14.5 Å². The average Bonchev–Trinajstić information content (AvgIpc) is 3.46. The van der Waals surface area contributed by atoms with Crippen molar-refractivity contribution in [3.63, 3.8) is 0 Å². The molecule has 2 aromatic carbocycles. The Balaban J connectivity index is 1.50. The maximum absolute atomic E-state index is 13.1. The summed E-state index contributed by atoms with van der Waals surface area (Å²) in [5.74, 6) is -0.162. The minimum absolute atomic E-state index is 0.162. The van der Waals surface area contributed by atoms with E-state index in [0.717, 1.165) is 38.7 Å². The lowest BCUT2D eigenvalue weighted by molar-refractivity contribution is 0.102. The Morgan fingerprint density at radius 2 is 2.00 bits per heavy atom. The van der Waals surface area contributed by atoms with E-state index in [1.165, 1.54) is 11.3 Å². The van der Waals surface area contributed by atoms with E-state index in [9.17, 15) is 4.79 Å². The number of pyridine rings is 1. The normalized spacial score (nSPS) is 10.9. The number of rotatable bonds is 5. The number of carbonyl (C=O) groups excluding carboxylic acids is 1. The first-order chi connectivity index (χ1) is 15.6. The first-order valence-corrected chi connectivity index (χ1v) is 11.0. The number of nitrogens with zero attached hydrogens (tertiary/aromatic N) is 4. The average molecular weight is 440 g/mol. The molecule has 0 saturated heterocycles. The predicted octanol–water partition coefficient (Wildman–Crippen LogP) is 6.06. The largest absolute Gasteiger partial charge is 0.350 e. The molecule has 0 unspecified atom stereocenters. The highest BCUT2D eigenvalue weighted by Gasteiger charge is 2.19. The molecule has 158 valence electrons. The van der Waals surface area contributed by atoms with Gasteiger partial charge in [0.05, 0.1) is 17.6 Å². The van der Waals surface area contributed by atoms with E-state index in [4.69, 9.17) is 0 Å². The first-order valence-electron chi connectivity index (χ1n) is 10.2. The molecule has 32 heavy (non-hydrogen) atoms. The summed E-state index contributed by atoms with van der Waals surface area (Å²) < 4.78 is 2.04. The molecule has 0 saturated carbocycles. The maximum Gasteiger partial charge on any atom is 0.255 e. The van der Waals surface area contributed by atoms with Gasteiger partial charge in [0.25, 0.3) is 5.91 Å². The first kappa shape index (κ1) is 20.0. The Kier molecular flexibility index (Phi) is 5.17. The third-order valence-electron chi connectivity index (χ3n) is 5.37. The fourth-order valence-electron chi connectivity index (χ4n) is 3.70. The van der Waals surface area contributed by atoms with Crippen LogP contribution in [0.4, 0.5) is 22.2 Å². The molecule has 0 aliphatic rings. The number of aromatic nitrogens is 3. The zero-order valence-corrected chi connectivity index (χ0v) is 18.5. The molecule has 0 atom stereocenters. The lowest BCUT2D eigenvalue weighted by atomic mass is 10.1. The van der Waals surface area contributed by atoms with Crippen LogP contribution in [0.15, 0.2) is 84.8 Å². The van der Waals surface area contributed by atoms with Crippen molar-refractivity contribution in [2.45, 2.75) is 6.92 Å². The zero-order valence-electron chi connectivity index (χ0n) is 17.7. The van der Waals surface area contributed by atoms with Crippen LogP contribution in [0.2, 0.25) is 0 Å². The third-order valence-corrected chi connectivity index (χ3v) is 6.13. The van der Waals surface area contributed by atoms with Crippen LogP contribution in [0.5, 0.6) is 0 Å².